The second kappa shape index (κ2) is 6.40. The van der Waals surface area contributed by atoms with Crippen LogP contribution in [0.5, 0.6) is 0 Å². The lowest BCUT2D eigenvalue weighted by atomic mass is 9.95. The number of rotatable bonds is 3. The van der Waals surface area contributed by atoms with Crippen LogP contribution in [-0.4, -0.2) is 24.0 Å². The molecular formula is C17H26N2O. The third kappa shape index (κ3) is 3.83. The summed E-state index contributed by atoms with van der Waals surface area (Å²) in [5.41, 5.74) is 3.61. The molecule has 1 aliphatic heterocycles. The van der Waals surface area contributed by atoms with Gasteiger partial charge in [-0.1, -0.05) is 18.2 Å². The first-order valence-corrected chi connectivity index (χ1v) is 7.57. The molecule has 3 atom stereocenters. The molecule has 3 unspecified atom stereocenters. The molecule has 20 heavy (non-hydrogen) atoms. The van der Waals surface area contributed by atoms with Crippen LogP contribution in [0.15, 0.2) is 18.2 Å². The fourth-order valence-electron chi connectivity index (χ4n) is 2.88. The number of hydrogen-bond donors (Lipinski definition) is 2. The van der Waals surface area contributed by atoms with Crippen molar-refractivity contribution >= 4 is 5.91 Å². The van der Waals surface area contributed by atoms with Gasteiger partial charge in [-0.05, 0) is 57.2 Å². The van der Waals surface area contributed by atoms with Crippen molar-refractivity contribution < 1.29 is 4.79 Å². The summed E-state index contributed by atoms with van der Waals surface area (Å²) in [6.45, 7) is 8.53. The van der Waals surface area contributed by atoms with Crippen LogP contribution in [0.1, 0.15) is 43.4 Å². The Balaban J connectivity index is 1.90. The van der Waals surface area contributed by atoms with E-state index < -0.39 is 0 Å². The minimum atomic E-state index is 0.126. The summed E-state index contributed by atoms with van der Waals surface area (Å²) in [6.07, 6.45) is 2.66. The zero-order valence-electron chi connectivity index (χ0n) is 13.0. The zero-order chi connectivity index (χ0) is 14.7. The van der Waals surface area contributed by atoms with E-state index in [-0.39, 0.29) is 11.9 Å². The first-order valence-electron chi connectivity index (χ1n) is 7.57. The van der Waals surface area contributed by atoms with Gasteiger partial charge in [-0.3, -0.25) is 4.79 Å². The number of hydrogen-bond acceptors (Lipinski definition) is 2. The quantitative estimate of drug-likeness (QED) is 0.889. The van der Waals surface area contributed by atoms with Crippen LogP contribution in [0.3, 0.4) is 0 Å². The molecule has 0 radical (unpaired) electrons. The molecule has 1 aliphatic rings. The van der Waals surface area contributed by atoms with Gasteiger partial charge in [-0.15, -0.1) is 0 Å². The molecule has 0 saturated carbocycles. The molecule has 1 aromatic carbocycles. The summed E-state index contributed by atoms with van der Waals surface area (Å²) in [6, 6.07) is 7.40. The van der Waals surface area contributed by atoms with Gasteiger partial charge in [0.15, 0.2) is 0 Å². The molecule has 3 heteroatoms. The monoisotopic (exact) mass is 274 g/mol. The Morgan fingerprint density at radius 2 is 2.00 bits per heavy atom. The lowest BCUT2D eigenvalue weighted by Crippen LogP contribution is -2.55. The van der Waals surface area contributed by atoms with E-state index in [4.69, 9.17) is 0 Å². The van der Waals surface area contributed by atoms with E-state index in [2.05, 4.69) is 50.5 Å². The first-order chi connectivity index (χ1) is 9.45. The summed E-state index contributed by atoms with van der Waals surface area (Å²) in [5, 5.41) is 6.67. The van der Waals surface area contributed by atoms with Crippen molar-refractivity contribution in [1.29, 1.82) is 0 Å². The Labute approximate surface area is 122 Å². The van der Waals surface area contributed by atoms with E-state index >= 15 is 0 Å². The lowest BCUT2D eigenvalue weighted by molar-refractivity contribution is -0.121. The Morgan fingerprint density at radius 3 is 2.65 bits per heavy atom. The van der Waals surface area contributed by atoms with Gasteiger partial charge in [0.05, 0.1) is 6.42 Å². The standard InChI is InChI=1S/C17H26N2O/c1-11-5-7-15(9-12(11)2)10-17(20)19-16-8-6-13(3)18-14(16)4/h5,7,9,13-14,16,18H,6,8,10H2,1-4H3,(H,19,20). The molecule has 110 valence electrons. The van der Waals surface area contributed by atoms with Gasteiger partial charge in [0.1, 0.15) is 0 Å². The summed E-state index contributed by atoms with van der Waals surface area (Å²) >= 11 is 0. The molecule has 0 aliphatic carbocycles. The molecule has 2 N–H and O–H groups in total. The Kier molecular flexibility index (Phi) is 4.81. The Morgan fingerprint density at radius 1 is 1.25 bits per heavy atom. The number of amides is 1. The number of aryl methyl sites for hydroxylation is 2. The fraction of sp³-hybridized carbons (Fsp3) is 0.588. The minimum absolute atomic E-state index is 0.126. The highest BCUT2D eigenvalue weighted by Crippen LogP contribution is 2.14. The maximum Gasteiger partial charge on any atom is 0.224 e. The highest BCUT2D eigenvalue weighted by atomic mass is 16.1. The molecular weight excluding hydrogens is 248 g/mol. The molecule has 1 saturated heterocycles. The molecule has 0 bridgehead atoms. The SMILES string of the molecule is Cc1ccc(CC(=O)NC2CCC(C)NC2C)cc1C. The van der Waals surface area contributed by atoms with E-state index in [0.717, 1.165) is 18.4 Å². The van der Waals surface area contributed by atoms with Crippen LogP contribution in [0.25, 0.3) is 0 Å². The molecule has 0 spiro atoms. The second-order valence-electron chi connectivity index (χ2n) is 6.20. The van der Waals surface area contributed by atoms with Gasteiger partial charge in [0, 0.05) is 18.1 Å². The summed E-state index contributed by atoms with van der Waals surface area (Å²) < 4.78 is 0. The molecule has 0 aromatic heterocycles. The van der Waals surface area contributed by atoms with Crippen molar-refractivity contribution in [2.24, 2.45) is 0 Å². The van der Waals surface area contributed by atoms with E-state index in [1.54, 1.807) is 0 Å². The van der Waals surface area contributed by atoms with E-state index in [1.165, 1.54) is 11.1 Å². The van der Waals surface area contributed by atoms with E-state index in [9.17, 15) is 4.79 Å². The van der Waals surface area contributed by atoms with Crippen LogP contribution >= 0.6 is 0 Å². The van der Waals surface area contributed by atoms with E-state index in [0.29, 0.717) is 18.5 Å². The average Bonchev–Trinajstić information content (AvgIpc) is 2.37. The largest absolute Gasteiger partial charge is 0.352 e. The Hall–Kier alpha value is -1.35. The van der Waals surface area contributed by atoms with Crippen LogP contribution in [-0.2, 0) is 11.2 Å². The molecule has 1 heterocycles. The van der Waals surface area contributed by atoms with Gasteiger partial charge >= 0.3 is 0 Å². The maximum atomic E-state index is 12.2. The summed E-state index contributed by atoms with van der Waals surface area (Å²) in [4.78, 5) is 12.2. The highest BCUT2D eigenvalue weighted by molar-refractivity contribution is 5.79. The average molecular weight is 274 g/mol. The zero-order valence-corrected chi connectivity index (χ0v) is 13.0. The smallest absolute Gasteiger partial charge is 0.224 e. The lowest BCUT2D eigenvalue weighted by Gasteiger charge is -2.34. The Bertz CT molecular complexity index is 484. The predicted octanol–water partition coefficient (Wildman–Crippen LogP) is 2.49. The number of nitrogens with one attached hydrogen (secondary N) is 2. The minimum Gasteiger partial charge on any atom is -0.352 e. The van der Waals surface area contributed by atoms with Crippen molar-refractivity contribution in [2.75, 3.05) is 0 Å². The van der Waals surface area contributed by atoms with Gasteiger partial charge in [-0.2, -0.15) is 0 Å². The molecule has 1 fully saturated rings. The third-order valence-corrected chi connectivity index (χ3v) is 4.34. The predicted molar refractivity (Wildman–Crippen MR) is 82.8 cm³/mol. The van der Waals surface area contributed by atoms with Crippen molar-refractivity contribution in [2.45, 2.75) is 65.1 Å². The van der Waals surface area contributed by atoms with Gasteiger partial charge < -0.3 is 10.6 Å². The topological polar surface area (TPSA) is 41.1 Å². The van der Waals surface area contributed by atoms with Crippen LogP contribution < -0.4 is 10.6 Å². The van der Waals surface area contributed by atoms with Crippen molar-refractivity contribution in [1.82, 2.24) is 10.6 Å². The number of benzene rings is 1. The molecule has 1 aromatic rings. The number of piperidine rings is 1. The van der Waals surface area contributed by atoms with Gasteiger partial charge in [0.25, 0.3) is 0 Å². The third-order valence-electron chi connectivity index (χ3n) is 4.34. The van der Waals surface area contributed by atoms with Crippen LogP contribution in [0.2, 0.25) is 0 Å². The van der Waals surface area contributed by atoms with Crippen LogP contribution in [0, 0.1) is 13.8 Å². The maximum absolute atomic E-state index is 12.2. The van der Waals surface area contributed by atoms with Gasteiger partial charge in [-0.25, -0.2) is 0 Å². The summed E-state index contributed by atoms with van der Waals surface area (Å²) in [7, 11) is 0. The second-order valence-corrected chi connectivity index (χ2v) is 6.20. The molecule has 3 nitrogen and oxygen atoms in total. The summed E-state index contributed by atoms with van der Waals surface area (Å²) in [5.74, 6) is 0.126. The highest BCUT2D eigenvalue weighted by Gasteiger charge is 2.25. The van der Waals surface area contributed by atoms with Crippen molar-refractivity contribution in [3.05, 3.63) is 34.9 Å². The van der Waals surface area contributed by atoms with Gasteiger partial charge in [0.2, 0.25) is 5.91 Å². The van der Waals surface area contributed by atoms with E-state index in [1.807, 2.05) is 6.07 Å². The first kappa shape index (κ1) is 15.0. The fourth-order valence-corrected chi connectivity index (χ4v) is 2.88. The van der Waals surface area contributed by atoms with Crippen molar-refractivity contribution in [3.63, 3.8) is 0 Å². The number of carbonyl (C=O) groups is 1. The molecule has 2 rings (SSSR count). The van der Waals surface area contributed by atoms with Crippen molar-refractivity contribution in [3.8, 4) is 0 Å². The normalized spacial score (nSPS) is 26.3. The molecule has 1 amide bonds. The van der Waals surface area contributed by atoms with Crippen LogP contribution in [0.4, 0.5) is 0 Å². The number of carbonyl (C=O) groups excluding carboxylic acids is 1.